The Morgan fingerprint density at radius 3 is 2.19 bits per heavy atom. The zero-order valence-corrected chi connectivity index (χ0v) is 28.2. The Morgan fingerprint density at radius 1 is 0.917 bits per heavy atom. The molecule has 0 bridgehead atoms. The van der Waals surface area contributed by atoms with Crippen LogP contribution in [0.25, 0.3) is 10.9 Å². The number of carbonyl (C=O) groups excluding carboxylic acids is 3. The molecule has 4 rings (SSSR count). The quantitative estimate of drug-likeness (QED) is 0.141. The van der Waals surface area contributed by atoms with Crippen LogP contribution in [-0.4, -0.2) is 71.3 Å². The Labute approximate surface area is 281 Å². The lowest BCUT2D eigenvalue weighted by molar-refractivity contribution is -0.128. The van der Waals surface area contributed by atoms with E-state index in [9.17, 15) is 27.9 Å². The maximum absolute atomic E-state index is 13.7. The molecule has 0 radical (unpaired) electrons. The topological polar surface area (TPSA) is 172 Å². The van der Waals surface area contributed by atoms with E-state index in [1.807, 2.05) is 56.3 Å². The van der Waals surface area contributed by atoms with E-state index in [1.165, 1.54) is 22.5 Å². The molecule has 3 aromatic carbocycles. The van der Waals surface area contributed by atoms with Crippen molar-refractivity contribution in [3.8, 4) is 0 Å². The van der Waals surface area contributed by atoms with Crippen LogP contribution in [-0.2, 0) is 26.0 Å². The number of nitrogens with zero attached hydrogens (tertiary/aromatic N) is 2. The van der Waals surface area contributed by atoms with Crippen LogP contribution in [0.1, 0.15) is 49.7 Å². The maximum atomic E-state index is 13.7. The van der Waals surface area contributed by atoms with Crippen LogP contribution in [0.4, 0.5) is 0 Å². The first kappa shape index (κ1) is 36.2. The molecule has 1 heterocycles. The van der Waals surface area contributed by atoms with Crippen molar-refractivity contribution in [1.82, 2.24) is 19.9 Å². The molecular formula is C36H43N5O6S. The first-order chi connectivity index (χ1) is 22.8. The van der Waals surface area contributed by atoms with Gasteiger partial charge in [0, 0.05) is 18.5 Å². The first-order valence-electron chi connectivity index (χ1n) is 15.8. The van der Waals surface area contributed by atoms with E-state index in [0.717, 1.165) is 10.9 Å². The van der Waals surface area contributed by atoms with Gasteiger partial charge >= 0.3 is 0 Å². The van der Waals surface area contributed by atoms with Gasteiger partial charge in [0.05, 0.1) is 28.5 Å². The van der Waals surface area contributed by atoms with Gasteiger partial charge in [0.25, 0.3) is 5.91 Å². The largest absolute Gasteiger partial charge is 0.389 e. The molecule has 0 fully saturated rings. The van der Waals surface area contributed by atoms with Gasteiger partial charge in [-0.1, -0.05) is 86.6 Å². The van der Waals surface area contributed by atoms with E-state index in [2.05, 4.69) is 15.6 Å². The van der Waals surface area contributed by atoms with Crippen LogP contribution in [0.5, 0.6) is 0 Å². The molecule has 48 heavy (non-hydrogen) atoms. The molecule has 3 amide bonds. The number of nitrogens with one attached hydrogen (secondary N) is 2. The highest BCUT2D eigenvalue weighted by Gasteiger charge is 2.39. The van der Waals surface area contributed by atoms with E-state index in [4.69, 9.17) is 5.73 Å². The van der Waals surface area contributed by atoms with Gasteiger partial charge in [-0.25, -0.2) is 13.4 Å². The van der Waals surface area contributed by atoms with Crippen molar-refractivity contribution >= 4 is 38.6 Å². The number of aliphatic hydroxyl groups is 1. The molecule has 0 aliphatic heterocycles. The minimum absolute atomic E-state index is 0.0470. The van der Waals surface area contributed by atoms with Gasteiger partial charge in [-0.2, -0.15) is 4.31 Å². The summed E-state index contributed by atoms with van der Waals surface area (Å²) in [4.78, 5) is 43.4. The lowest BCUT2D eigenvalue weighted by Crippen LogP contribution is -2.60. The van der Waals surface area contributed by atoms with E-state index < -0.39 is 51.9 Å². The van der Waals surface area contributed by atoms with Crippen LogP contribution in [0, 0.1) is 5.92 Å². The number of para-hydroxylation sites is 1. The normalized spacial score (nSPS) is 14.3. The molecule has 4 aromatic rings. The average Bonchev–Trinajstić information content (AvgIpc) is 3.06. The van der Waals surface area contributed by atoms with Crippen molar-refractivity contribution in [2.24, 2.45) is 11.7 Å². The predicted octanol–water partition coefficient (Wildman–Crippen LogP) is 3.42. The third-order valence-corrected chi connectivity index (χ3v) is 10.0. The lowest BCUT2D eigenvalue weighted by Gasteiger charge is -2.38. The molecular weight excluding hydrogens is 630 g/mol. The van der Waals surface area contributed by atoms with E-state index in [0.29, 0.717) is 11.9 Å². The molecule has 5 N–H and O–H groups in total. The zero-order valence-electron chi connectivity index (χ0n) is 27.4. The number of rotatable bonds is 16. The Balaban J connectivity index is 1.56. The second kappa shape index (κ2) is 16.0. The Kier molecular flexibility index (Phi) is 12.0. The Bertz CT molecular complexity index is 1820. The Hall–Kier alpha value is -4.65. The molecule has 0 unspecified atom stereocenters. The minimum atomic E-state index is -3.99. The molecule has 12 heteroatoms. The first-order valence-corrected chi connectivity index (χ1v) is 17.3. The van der Waals surface area contributed by atoms with Crippen LogP contribution < -0.4 is 16.4 Å². The van der Waals surface area contributed by atoms with Crippen LogP contribution in [0.15, 0.2) is 102 Å². The van der Waals surface area contributed by atoms with Gasteiger partial charge in [0.15, 0.2) is 0 Å². The van der Waals surface area contributed by atoms with Gasteiger partial charge in [-0.15, -0.1) is 0 Å². The van der Waals surface area contributed by atoms with Gasteiger partial charge in [-0.05, 0) is 55.5 Å². The van der Waals surface area contributed by atoms with Crippen LogP contribution in [0.2, 0.25) is 0 Å². The standard InChI is InChI=1S/C36H43N5O6S/c1-25(2)20-21-41(48(46,47)28-15-8-5-9-16-28)24-32(42)36(3,23-26-12-6-4-7-13-26)40-33(43)22-31(34(37)44)39-35(45)30-19-18-27-14-10-11-17-29(27)38-30/h4-19,25,31-32,42H,20-24H2,1-3H3,(H2,37,44)(H,39,45)(H,40,43)/t31-,32+,36-/m0/s1. The third kappa shape index (κ3) is 9.46. The highest BCUT2D eigenvalue weighted by atomic mass is 32.2. The maximum Gasteiger partial charge on any atom is 0.270 e. The number of aromatic nitrogens is 1. The number of sulfonamides is 1. The fourth-order valence-electron chi connectivity index (χ4n) is 5.32. The molecule has 0 saturated carbocycles. The summed E-state index contributed by atoms with van der Waals surface area (Å²) in [5.74, 6) is -2.10. The summed E-state index contributed by atoms with van der Waals surface area (Å²) >= 11 is 0. The van der Waals surface area contributed by atoms with Crippen molar-refractivity contribution in [3.05, 3.63) is 108 Å². The van der Waals surface area contributed by atoms with Crippen molar-refractivity contribution in [1.29, 1.82) is 0 Å². The number of amides is 3. The highest BCUT2D eigenvalue weighted by Crippen LogP contribution is 2.24. The summed E-state index contributed by atoms with van der Waals surface area (Å²) in [6.07, 6.45) is -1.22. The molecule has 0 aliphatic carbocycles. The van der Waals surface area contributed by atoms with Crippen molar-refractivity contribution < 1.29 is 27.9 Å². The van der Waals surface area contributed by atoms with E-state index in [-0.39, 0.29) is 36.0 Å². The number of primary amides is 1. The average molecular weight is 674 g/mol. The lowest BCUT2D eigenvalue weighted by atomic mass is 9.86. The van der Waals surface area contributed by atoms with Crippen LogP contribution in [0.3, 0.4) is 0 Å². The number of benzene rings is 3. The summed E-state index contributed by atoms with van der Waals surface area (Å²) in [5, 5.41) is 17.9. The number of hydrogen-bond donors (Lipinski definition) is 4. The highest BCUT2D eigenvalue weighted by molar-refractivity contribution is 7.89. The predicted molar refractivity (Wildman–Crippen MR) is 184 cm³/mol. The molecule has 0 saturated heterocycles. The number of aliphatic hydroxyl groups excluding tert-OH is 1. The fraction of sp³-hybridized carbons (Fsp3) is 0.333. The molecule has 0 aliphatic rings. The van der Waals surface area contributed by atoms with Crippen molar-refractivity contribution in [3.63, 3.8) is 0 Å². The number of pyridine rings is 1. The summed E-state index contributed by atoms with van der Waals surface area (Å²) < 4.78 is 28.7. The summed E-state index contributed by atoms with van der Waals surface area (Å²) in [6.45, 7) is 5.42. The monoisotopic (exact) mass is 673 g/mol. The molecule has 11 nitrogen and oxygen atoms in total. The number of carbonyl (C=O) groups is 3. The molecule has 0 spiro atoms. The Morgan fingerprint density at radius 2 is 1.54 bits per heavy atom. The zero-order chi connectivity index (χ0) is 34.9. The smallest absolute Gasteiger partial charge is 0.270 e. The number of nitrogens with two attached hydrogens (primary N) is 1. The minimum Gasteiger partial charge on any atom is -0.389 e. The number of hydrogen-bond acceptors (Lipinski definition) is 7. The molecule has 3 atom stereocenters. The summed E-state index contributed by atoms with van der Waals surface area (Å²) in [6, 6.07) is 26.2. The van der Waals surface area contributed by atoms with E-state index in [1.54, 1.807) is 43.3 Å². The van der Waals surface area contributed by atoms with E-state index >= 15 is 0 Å². The number of fused-ring (bicyclic) bond motifs is 1. The van der Waals surface area contributed by atoms with Crippen molar-refractivity contribution in [2.75, 3.05) is 13.1 Å². The SMILES string of the molecule is CC(C)CCN(C[C@@H](O)[C@](C)(Cc1ccccc1)NC(=O)C[C@H](NC(=O)c1ccc2ccccc2n1)C(N)=O)S(=O)(=O)c1ccccc1. The van der Waals surface area contributed by atoms with Gasteiger partial charge < -0.3 is 21.5 Å². The molecule has 254 valence electrons. The second-order valence-electron chi connectivity index (χ2n) is 12.5. The summed E-state index contributed by atoms with van der Waals surface area (Å²) in [5.41, 5.74) is 5.61. The van der Waals surface area contributed by atoms with Gasteiger partial charge in [0.2, 0.25) is 21.8 Å². The van der Waals surface area contributed by atoms with Crippen LogP contribution >= 0.6 is 0 Å². The van der Waals surface area contributed by atoms with Gasteiger partial charge in [-0.3, -0.25) is 14.4 Å². The second-order valence-corrected chi connectivity index (χ2v) is 14.5. The molecule has 1 aromatic heterocycles. The fourth-order valence-corrected chi connectivity index (χ4v) is 6.80. The summed E-state index contributed by atoms with van der Waals surface area (Å²) in [7, 11) is -3.99. The third-order valence-electron chi connectivity index (χ3n) is 8.16. The van der Waals surface area contributed by atoms with Crippen molar-refractivity contribution in [2.45, 2.75) is 62.6 Å². The van der Waals surface area contributed by atoms with Gasteiger partial charge in [0.1, 0.15) is 11.7 Å².